The first kappa shape index (κ1) is 30.2. The van der Waals surface area contributed by atoms with E-state index in [4.69, 9.17) is 13.1 Å². The fourth-order valence-corrected chi connectivity index (χ4v) is 7.55. The van der Waals surface area contributed by atoms with Gasteiger partial charge in [0, 0.05) is 27.5 Å². The molecule has 0 bridgehead atoms. The van der Waals surface area contributed by atoms with Crippen molar-refractivity contribution in [2.75, 3.05) is 0 Å². The fourth-order valence-electron chi connectivity index (χ4n) is 7.55. The molecule has 0 unspecified atom stereocenters. The number of benzene rings is 7. The van der Waals surface area contributed by atoms with Gasteiger partial charge in [-0.25, -0.2) is 9.69 Å². The van der Waals surface area contributed by atoms with E-state index in [0.29, 0.717) is 22.5 Å². The van der Waals surface area contributed by atoms with Crippen molar-refractivity contribution in [1.82, 2.24) is 9.13 Å². The molecule has 52 heavy (non-hydrogen) atoms. The molecule has 9 rings (SSSR count). The highest BCUT2D eigenvalue weighted by molar-refractivity contribution is 6.13. The van der Waals surface area contributed by atoms with Gasteiger partial charge in [0.1, 0.15) is 0 Å². The lowest BCUT2D eigenvalue weighted by Crippen LogP contribution is -2.03. The zero-order chi connectivity index (χ0) is 35.3. The summed E-state index contributed by atoms with van der Waals surface area (Å²) in [4.78, 5) is 7.44. The molecule has 0 aliphatic rings. The lowest BCUT2D eigenvalue weighted by Gasteiger charge is -2.21. The van der Waals surface area contributed by atoms with Crippen molar-refractivity contribution in [3.63, 3.8) is 0 Å². The quantitative estimate of drug-likeness (QED) is 0.176. The first-order valence-corrected chi connectivity index (χ1v) is 16.6. The third-order valence-electron chi connectivity index (χ3n) is 9.79. The number of para-hydroxylation sites is 2. The summed E-state index contributed by atoms with van der Waals surface area (Å²) in [5.74, 6) is 0. The van der Waals surface area contributed by atoms with Crippen molar-refractivity contribution in [2.24, 2.45) is 0 Å². The van der Waals surface area contributed by atoms with E-state index in [1.54, 1.807) is 0 Å². The minimum Gasteiger partial charge on any atom is -0.309 e. The van der Waals surface area contributed by atoms with Crippen LogP contribution in [0.3, 0.4) is 0 Å². The van der Waals surface area contributed by atoms with Gasteiger partial charge in [0.25, 0.3) is 0 Å². The third kappa shape index (κ3) is 4.54. The Morgan fingerprint density at radius 3 is 1.50 bits per heavy atom. The molecule has 0 fully saturated rings. The van der Waals surface area contributed by atoms with Crippen molar-refractivity contribution in [3.8, 4) is 45.8 Å². The fraction of sp³-hybridized carbons (Fsp3) is 0. The Balaban J connectivity index is 1.43. The summed E-state index contributed by atoms with van der Waals surface area (Å²) in [5, 5.41) is 23.3. The number of hydrogen-bond acceptors (Lipinski definition) is 2. The summed E-state index contributed by atoms with van der Waals surface area (Å²) in [6.07, 6.45) is 0. The second-order valence-electron chi connectivity index (χ2n) is 12.6. The van der Waals surface area contributed by atoms with Gasteiger partial charge in [-0.3, -0.25) is 0 Å². The summed E-state index contributed by atoms with van der Waals surface area (Å²) in [6.45, 7) is 15.5. The minimum atomic E-state index is 0.531. The van der Waals surface area contributed by atoms with Crippen LogP contribution in [0.15, 0.2) is 146 Å². The first-order valence-electron chi connectivity index (χ1n) is 16.6. The first-order chi connectivity index (χ1) is 25.6. The summed E-state index contributed by atoms with van der Waals surface area (Å²) in [7, 11) is 0. The highest BCUT2D eigenvalue weighted by Gasteiger charge is 2.23. The zero-order valence-corrected chi connectivity index (χ0v) is 27.5. The number of aromatic nitrogens is 2. The molecule has 0 amide bonds. The number of fused-ring (bicyclic) bond motifs is 6. The van der Waals surface area contributed by atoms with Crippen molar-refractivity contribution >= 4 is 55.0 Å². The molecule has 2 aromatic heterocycles. The lowest BCUT2D eigenvalue weighted by atomic mass is 9.94. The van der Waals surface area contributed by atoms with E-state index in [1.807, 2.05) is 103 Å². The highest BCUT2D eigenvalue weighted by Crippen LogP contribution is 2.45. The van der Waals surface area contributed by atoms with Crippen molar-refractivity contribution in [3.05, 3.63) is 180 Å². The molecule has 0 radical (unpaired) electrons. The monoisotopic (exact) mass is 660 g/mol. The van der Waals surface area contributed by atoms with Crippen LogP contribution in [0, 0.1) is 35.8 Å². The van der Waals surface area contributed by atoms with Gasteiger partial charge in [0.05, 0.1) is 69.9 Å². The van der Waals surface area contributed by atoms with Gasteiger partial charge in [-0.05, 0) is 83.1 Å². The van der Waals surface area contributed by atoms with E-state index in [0.717, 1.165) is 77.2 Å². The van der Waals surface area contributed by atoms with E-state index >= 15 is 0 Å². The van der Waals surface area contributed by atoms with Gasteiger partial charge in [0.2, 0.25) is 0 Å². The van der Waals surface area contributed by atoms with Crippen LogP contribution < -0.4 is 0 Å². The predicted molar refractivity (Wildman–Crippen MR) is 208 cm³/mol. The van der Waals surface area contributed by atoms with Crippen LogP contribution in [0.4, 0.5) is 11.4 Å². The van der Waals surface area contributed by atoms with Crippen LogP contribution in [0.2, 0.25) is 0 Å². The average molecular weight is 661 g/mol. The van der Waals surface area contributed by atoms with Gasteiger partial charge < -0.3 is 9.13 Å². The number of nitrogens with zero attached hydrogens (tertiary/aromatic N) is 6. The Bertz CT molecular complexity index is 2970. The molecular weight excluding hydrogens is 637 g/mol. The van der Waals surface area contributed by atoms with E-state index < -0.39 is 0 Å². The normalized spacial score (nSPS) is 11.0. The Morgan fingerprint density at radius 1 is 0.442 bits per heavy atom. The molecule has 2 heterocycles. The van der Waals surface area contributed by atoms with Crippen molar-refractivity contribution in [1.29, 1.82) is 10.5 Å². The maximum Gasteiger partial charge on any atom is 0.188 e. The second-order valence-corrected chi connectivity index (χ2v) is 12.6. The lowest BCUT2D eigenvalue weighted by molar-refractivity contribution is 1.16. The van der Waals surface area contributed by atoms with Crippen LogP contribution >= 0.6 is 0 Å². The summed E-state index contributed by atoms with van der Waals surface area (Å²) in [6, 6.07) is 52.5. The molecule has 0 N–H and O–H groups in total. The molecule has 0 aliphatic carbocycles. The van der Waals surface area contributed by atoms with Gasteiger partial charge in [-0.15, -0.1) is 0 Å². The smallest absolute Gasteiger partial charge is 0.188 e. The molecule has 0 aliphatic heterocycles. The van der Waals surface area contributed by atoms with Crippen LogP contribution in [0.5, 0.6) is 0 Å². The SMILES string of the molecule is [C-]#[N+]c1ccc2c(c1)c1cc(C#N)ccc1n2-c1ccccc1-c1cccc(-c2ccccc2)c1-n1c2ccc(C#N)cc2c2cc([N+]#[C-])ccc21. The maximum atomic E-state index is 9.87. The minimum absolute atomic E-state index is 0.531. The van der Waals surface area contributed by atoms with Crippen molar-refractivity contribution in [2.45, 2.75) is 0 Å². The summed E-state index contributed by atoms with van der Waals surface area (Å²) in [5.41, 5.74) is 11.8. The van der Waals surface area contributed by atoms with Crippen LogP contribution in [0.1, 0.15) is 11.1 Å². The number of hydrogen-bond donors (Lipinski definition) is 0. The third-order valence-corrected chi connectivity index (χ3v) is 9.79. The van der Waals surface area contributed by atoms with Crippen LogP contribution in [-0.2, 0) is 0 Å². The zero-order valence-electron chi connectivity index (χ0n) is 27.5. The standard InChI is InChI=1S/C46H24N6/c1-49-32-17-21-43-39(25-32)37-23-29(27-47)15-19-42(37)51(43)41-14-7-6-11-35(41)36-13-8-12-34(31-9-4-3-5-10-31)46(36)52-44-20-16-30(28-48)24-38(44)40-26-33(50-2)18-22-45(40)52/h3-26H. The maximum absolute atomic E-state index is 9.87. The Kier molecular flexibility index (Phi) is 6.91. The number of nitriles is 2. The number of rotatable bonds is 4. The highest BCUT2D eigenvalue weighted by atomic mass is 15.0. The van der Waals surface area contributed by atoms with E-state index in [9.17, 15) is 10.5 Å². The Morgan fingerprint density at radius 2 is 0.923 bits per heavy atom. The molecule has 7 aromatic carbocycles. The molecule has 238 valence electrons. The molecule has 0 atom stereocenters. The Labute approximate surface area is 299 Å². The van der Waals surface area contributed by atoms with Gasteiger partial charge in [-0.2, -0.15) is 10.5 Å². The van der Waals surface area contributed by atoms with E-state index in [-0.39, 0.29) is 0 Å². The molecule has 6 heteroatoms. The molecule has 0 saturated carbocycles. The molecule has 9 aromatic rings. The summed E-state index contributed by atoms with van der Waals surface area (Å²) >= 11 is 0. The van der Waals surface area contributed by atoms with E-state index in [2.05, 4.69) is 73.4 Å². The average Bonchev–Trinajstić information content (AvgIpc) is 3.71. The molecular formula is C46H24N6. The molecule has 6 nitrogen and oxygen atoms in total. The van der Waals surface area contributed by atoms with Gasteiger partial charge in [-0.1, -0.05) is 78.9 Å². The molecule has 0 spiro atoms. The van der Waals surface area contributed by atoms with Gasteiger partial charge >= 0.3 is 0 Å². The second kappa shape index (κ2) is 11.9. The van der Waals surface area contributed by atoms with Crippen LogP contribution in [0.25, 0.3) is 86.9 Å². The topological polar surface area (TPSA) is 66.2 Å². The van der Waals surface area contributed by atoms with Gasteiger partial charge in [0.15, 0.2) is 11.4 Å². The summed E-state index contributed by atoms with van der Waals surface area (Å²) < 4.78 is 4.49. The largest absolute Gasteiger partial charge is 0.309 e. The van der Waals surface area contributed by atoms with Crippen molar-refractivity contribution < 1.29 is 0 Å². The molecule has 0 saturated heterocycles. The van der Waals surface area contributed by atoms with E-state index in [1.165, 1.54) is 0 Å². The van der Waals surface area contributed by atoms with Crippen LogP contribution in [-0.4, -0.2) is 9.13 Å². The predicted octanol–water partition coefficient (Wildman–Crippen LogP) is 12.1. The Hall–Kier alpha value is -7.90.